The van der Waals surface area contributed by atoms with Crippen LogP contribution in [0.15, 0.2) is 0 Å². The van der Waals surface area contributed by atoms with Gasteiger partial charge in [-0.1, -0.05) is 0 Å². The van der Waals surface area contributed by atoms with Gasteiger partial charge in [0.2, 0.25) is 0 Å². The second-order valence-electron chi connectivity index (χ2n) is 6.81. The Balaban J connectivity index is 2.57. The molecule has 6 atom stereocenters. The Hall–Kier alpha value is -0.280. The van der Waals surface area contributed by atoms with Gasteiger partial charge in [0.05, 0.1) is 39.9 Å². The molecule has 126 valence electrons. The van der Waals surface area contributed by atoms with Gasteiger partial charge in [0, 0.05) is 13.7 Å². The molecule has 0 amide bonds. The predicted molar refractivity (Wildman–Crippen MR) is 78.9 cm³/mol. The number of rotatable bonds is 7. The van der Waals surface area contributed by atoms with Crippen molar-refractivity contribution < 1.29 is 29.3 Å². The SMILES string of the molecule is CO[C@H]1[C@H](O)[C@@H](NCC(O)C[N+](C)(C)C)[C@H](C)O[C@@H]1CO. The summed E-state index contributed by atoms with van der Waals surface area (Å²) in [5.74, 6) is 0. The molecule has 1 fully saturated rings. The molecule has 0 aromatic heterocycles. The Morgan fingerprint density at radius 2 is 1.95 bits per heavy atom. The summed E-state index contributed by atoms with van der Waals surface area (Å²) in [5.41, 5.74) is 0. The minimum Gasteiger partial charge on any atom is -0.394 e. The quantitative estimate of drug-likeness (QED) is 0.414. The number of ether oxygens (including phenoxy) is 2. The Bertz CT molecular complexity index is 310. The van der Waals surface area contributed by atoms with E-state index in [1.807, 2.05) is 28.1 Å². The standard InChI is InChI=1S/C14H31N2O5/c1-9-12(15-6-10(18)7-16(2,3)4)13(19)14(20-5)11(8-17)21-9/h9-15,17-19H,6-8H2,1-5H3/q+1/t9-,10?,11+,12-,13+,14+/m0/s1. The minimum atomic E-state index is -0.799. The lowest BCUT2D eigenvalue weighted by Gasteiger charge is -2.43. The molecule has 1 aliphatic heterocycles. The number of nitrogens with zero attached hydrogens (tertiary/aromatic N) is 1. The van der Waals surface area contributed by atoms with Crippen LogP contribution in [0, 0.1) is 0 Å². The van der Waals surface area contributed by atoms with E-state index in [0.29, 0.717) is 17.6 Å². The van der Waals surface area contributed by atoms with Crippen LogP contribution in [0.1, 0.15) is 6.92 Å². The molecule has 1 heterocycles. The van der Waals surface area contributed by atoms with Crippen molar-refractivity contribution in [2.75, 3.05) is 47.9 Å². The van der Waals surface area contributed by atoms with Gasteiger partial charge in [-0.15, -0.1) is 0 Å². The molecule has 0 aromatic rings. The molecule has 0 aromatic carbocycles. The van der Waals surface area contributed by atoms with Crippen molar-refractivity contribution in [3.63, 3.8) is 0 Å². The van der Waals surface area contributed by atoms with E-state index in [1.54, 1.807) is 0 Å². The highest BCUT2D eigenvalue weighted by molar-refractivity contribution is 4.95. The van der Waals surface area contributed by atoms with Crippen molar-refractivity contribution in [2.24, 2.45) is 0 Å². The van der Waals surface area contributed by atoms with Gasteiger partial charge in [0.1, 0.15) is 31.0 Å². The molecule has 0 spiro atoms. The van der Waals surface area contributed by atoms with Gasteiger partial charge in [-0.3, -0.25) is 0 Å². The first-order valence-corrected chi connectivity index (χ1v) is 7.38. The van der Waals surface area contributed by atoms with Crippen molar-refractivity contribution in [3.8, 4) is 0 Å². The van der Waals surface area contributed by atoms with E-state index >= 15 is 0 Å². The van der Waals surface area contributed by atoms with Crippen LogP contribution in [0.2, 0.25) is 0 Å². The fourth-order valence-electron chi connectivity index (χ4n) is 2.83. The van der Waals surface area contributed by atoms with Crippen LogP contribution in [0.5, 0.6) is 0 Å². The third-order valence-electron chi connectivity index (χ3n) is 3.77. The van der Waals surface area contributed by atoms with E-state index in [2.05, 4.69) is 5.32 Å². The Labute approximate surface area is 127 Å². The summed E-state index contributed by atoms with van der Waals surface area (Å²) < 4.78 is 11.6. The van der Waals surface area contributed by atoms with Gasteiger partial charge in [-0.2, -0.15) is 0 Å². The maximum Gasteiger partial charge on any atom is 0.115 e. The van der Waals surface area contributed by atoms with Crippen molar-refractivity contribution in [1.82, 2.24) is 5.32 Å². The summed E-state index contributed by atoms with van der Waals surface area (Å²) in [6.07, 6.45) is -2.71. The smallest absolute Gasteiger partial charge is 0.115 e. The molecule has 4 N–H and O–H groups in total. The molecule has 21 heavy (non-hydrogen) atoms. The molecule has 1 rings (SSSR count). The summed E-state index contributed by atoms with van der Waals surface area (Å²) in [4.78, 5) is 0. The average molecular weight is 307 g/mol. The first kappa shape index (κ1) is 18.8. The largest absolute Gasteiger partial charge is 0.394 e. The van der Waals surface area contributed by atoms with Crippen molar-refractivity contribution >= 4 is 0 Å². The maximum atomic E-state index is 10.4. The Kier molecular flexibility index (Phi) is 6.99. The molecule has 0 bridgehead atoms. The summed E-state index contributed by atoms with van der Waals surface area (Å²) in [7, 11) is 7.52. The van der Waals surface area contributed by atoms with Gasteiger partial charge in [-0.05, 0) is 6.92 Å². The second kappa shape index (κ2) is 7.82. The van der Waals surface area contributed by atoms with Crippen LogP contribution in [0.4, 0.5) is 0 Å². The van der Waals surface area contributed by atoms with E-state index < -0.39 is 24.4 Å². The summed E-state index contributed by atoms with van der Waals surface area (Å²) in [6, 6.07) is -0.347. The molecule has 0 radical (unpaired) electrons. The molecular weight excluding hydrogens is 276 g/mol. The zero-order valence-corrected chi connectivity index (χ0v) is 13.7. The number of hydrogen-bond donors (Lipinski definition) is 4. The zero-order valence-electron chi connectivity index (χ0n) is 13.7. The highest BCUT2D eigenvalue weighted by Crippen LogP contribution is 2.22. The van der Waals surface area contributed by atoms with Gasteiger partial charge in [-0.25, -0.2) is 0 Å². The molecule has 0 aliphatic carbocycles. The highest BCUT2D eigenvalue weighted by Gasteiger charge is 2.43. The van der Waals surface area contributed by atoms with Gasteiger partial charge in [0.15, 0.2) is 0 Å². The van der Waals surface area contributed by atoms with E-state index in [0.717, 1.165) is 0 Å². The number of aliphatic hydroxyl groups excluding tert-OH is 3. The second-order valence-corrected chi connectivity index (χ2v) is 6.81. The maximum absolute atomic E-state index is 10.4. The topological polar surface area (TPSA) is 91.2 Å². The molecule has 1 saturated heterocycles. The van der Waals surface area contributed by atoms with Crippen LogP contribution in [-0.4, -0.2) is 104 Å². The lowest BCUT2D eigenvalue weighted by Crippen LogP contribution is -2.64. The van der Waals surface area contributed by atoms with Crippen LogP contribution >= 0.6 is 0 Å². The molecule has 7 heteroatoms. The highest BCUT2D eigenvalue weighted by atomic mass is 16.6. The first-order valence-electron chi connectivity index (χ1n) is 7.38. The van der Waals surface area contributed by atoms with E-state index in [4.69, 9.17) is 9.47 Å². The third-order valence-corrected chi connectivity index (χ3v) is 3.77. The molecule has 7 nitrogen and oxygen atoms in total. The number of likely N-dealkylation sites (N-methyl/N-ethyl adjacent to an activating group) is 1. The number of hydrogen-bond acceptors (Lipinski definition) is 6. The monoisotopic (exact) mass is 307 g/mol. The Morgan fingerprint density at radius 1 is 1.33 bits per heavy atom. The first-order chi connectivity index (χ1) is 9.69. The fraction of sp³-hybridized carbons (Fsp3) is 1.00. The number of aliphatic hydroxyl groups is 3. The number of nitrogens with one attached hydrogen (secondary N) is 1. The summed E-state index contributed by atoms with van der Waals surface area (Å²) in [5, 5.41) is 32.9. The van der Waals surface area contributed by atoms with Crippen LogP contribution in [0.3, 0.4) is 0 Å². The lowest BCUT2D eigenvalue weighted by atomic mass is 9.93. The average Bonchev–Trinajstić information content (AvgIpc) is 2.35. The van der Waals surface area contributed by atoms with Crippen molar-refractivity contribution in [1.29, 1.82) is 0 Å². The number of quaternary nitrogens is 1. The molecular formula is C14H31N2O5+. The number of methoxy groups -OCH3 is 1. The van der Waals surface area contributed by atoms with E-state index in [9.17, 15) is 15.3 Å². The fourth-order valence-corrected chi connectivity index (χ4v) is 2.83. The normalized spacial score (nSPS) is 35.7. The van der Waals surface area contributed by atoms with Crippen molar-refractivity contribution in [2.45, 2.75) is 43.5 Å². The molecule has 1 unspecified atom stereocenters. The van der Waals surface area contributed by atoms with Crippen LogP contribution in [-0.2, 0) is 9.47 Å². The molecule has 0 saturated carbocycles. The zero-order chi connectivity index (χ0) is 16.2. The summed E-state index contributed by atoms with van der Waals surface area (Å²) >= 11 is 0. The predicted octanol–water partition coefficient (Wildman–Crippen LogP) is -1.83. The molecule has 1 aliphatic rings. The van der Waals surface area contributed by atoms with Gasteiger partial charge >= 0.3 is 0 Å². The van der Waals surface area contributed by atoms with Crippen molar-refractivity contribution in [3.05, 3.63) is 0 Å². The van der Waals surface area contributed by atoms with E-state index in [-0.39, 0.29) is 18.8 Å². The van der Waals surface area contributed by atoms with Gasteiger partial charge in [0.25, 0.3) is 0 Å². The van der Waals surface area contributed by atoms with E-state index in [1.165, 1.54) is 7.11 Å². The lowest BCUT2D eigenvalue weighted by molar-refractivity contribution is -0.873. The minimum absolute atomic E-state index is 0.198. The third kappa shape index (κ3) is 5.45. The van der Waals surface area contributed by atoms with Crippen LogP contribution < -0.4 is 5.32 Å². The van der Waals surface area contributed by atoms with Gasteiger partial charge < -0.3 is 34.6 Å². The summed E-state index contributed by atoms with van der Waals surface area (Å²) in [6.45, 7) is 2.61. The Morgan fingerprint density at radius 3 is 2.43 bits per heavy atom. The van der Waals surface area contributed by atoms with Crippen LogP contribution in [0.25, 0.3) is 0 Å².